The normalized spacial score (nSPS) is 15.3. The molecular weight excluding hydrogens is 917 g/mol. The molecule has 2 aromatic carbocycles. The molecule has 4 heterocycles. The molecule has 4 aromatic rings. The third-order valence-electron chi connectivity index (χ3n) is 16.1. The van der Waals surface area contributed by atoms with Crippen LogP contribution in [-0.2, 0) is 9.59 Å². The highest BCUT2D eigenvalue weighted by Crippen LogP contribution is 2.49. The van der Waals surface area contributed by atoms with Gasteiger partial charge in [0.05, 0.1) is 22.5 Å². The number of hydrogen-bond donors (Lipinski definition) is 0. The van der Waals surface area contributed by atoms with E-state index in [1.165, 1.54) is 199 Å². The fraction of sp³-hybridized carbons (Fsp3) is 0.636. The summed E-state index contributed by atoms with van der Waals surface area (Å²) in [6, 6.07) is 22.2. The molecule has 4 nitrogen and oxygen atoms in total. The molecular formula is C66H98N2O2S2. The number of amides is 2. The zero-order valence-corrected chi connectivity index (χ0v) is 48.1. The van der Waals surface area contributed by atoms with Crippen LogP contribution >= 0.6 is 22.7 Å². The van der Waals surface area contributed by atoms with Crippen molar-refractivity contribution >= 4 is 57.0 Å². The number of aryl methyl sites for hydroxylation is 2. The molecule has 6 rings (SSSR count). The van der Waals surface area contributed by atoms with E-state index in [1.807, 2.05) is 22.7 Å². The molecule has 396 valence electrons. The van der Waals surface area contributed by atoms with Crippen molar-refractivity contribution in [2.24, 2.45) is 11.8 Å². The Labute approximate surface area is 448 Å². The summed E-state index contributed by atoms with van der Waals surface area (Å²) < 4.78 is 0. The van der Waals surface area contributed by atoms with E-state index in [9.17, 15) is 0 Å². The maximum Gasteiger partial charge on any atom is 0.259 e. The number of anilines is 2. The maximum atomic E-state index is 15.7. The standard InChI is InChI=1S/C66H98N2O2S2/c1-7-11-15-19-23-25-29-33-37-53(35-31-27-21-17-13-9-3)49-67-58-47-51(5)39-42-56(58)63(65(67)69)64-57-43-41-55(60-45-46-62(72-60)61-44-40-52(6)71-61)48-59(57)68(66(64)70)50-54(36-32-28-22-18-14-10-4)38-34-30-26-24-20-16-12-8-2/h39-48,53-54H,7-38,49-50H2,1-6H3/b64-63+. The van der Waals surface area contributed by atoms with Crippen LogP contribution in [0, 0.1) is 25.7 Å². The summed E-state index contributed by atoms with van der Waals surface area (Å²) in [5, 5.41) is 0. The van der Waals surface area contributed by atoms with Crippen molar-refractivity contribution in [2.45, 2.75) is 247 Å². The smallest absolute Gasteiger partial charge is 0.259 e. The largest absolute Gasteiger partial charge is 0.307 e. The molecule has 6 heteroatoms. The van der Waals surface area contributed by atoms with Crippen LogP contribution in [0.4, 0.5) is 11.4 Å². The number of fused-ring (bicyclic) bond motifs is 2. The van der Waals surface area contributed by atoms with Crippen molar-refractivity contribution in [3.8, 4) is 20.2 Å². The summed E-state index contributed by atoms with van der Waals surface area (Å²) in [5.74, 6) is 0.903. The Morgan fingerprint density at radius 3 is 1.17 bits per heavy atom. The van der Waals surface area contributed by atoms with E-state index in [4.69, 9.17) is 0 Å². The summed E-state index contributed by atoms with van der Waals surface area (Å²) in [5.41, 5.74) is 7.40. The van der Waals surface area contributed by atoms with Crippen LogP contribution < -0.4 is 9.80 Å². The Balaban J connectivity index is 1.32. The second kappa shape index (κ2) is 32.1. The molecule has 2 unspecified atom stereocenters. The first-order chi connectivity index (χ1) is 35.3. The van der Waals surface area contributed by atoms with E-state index in [0.29, 0.717) is 29.5 Å². The van der Waals surface area contributed by atoms with E-state index in [-0.39, 0.29) is 11.8 Å². The molecule has 2 aromatic heterocycles. The topological polar surface area (TPSA) is 40.6 Å². The van der Waals surface area contributed by atoms with E-state index in [2.05, 4.69) is 112 Å². The highest BCUT2D eigenvalue weighted by Gasteiger charge is 2.43. The van der Waals surface area contributed by atoms with Gasteiger partial charge in [0.2, 0.25) is 0 Å². The Morgan fingerprint density at radius 1 is 0.389 bits per heavy atom. The molecule has 0 saturated carbocycles. The second-order valence-electron chi connectivity index (χ2n) is 22.3. The van der Waals surface area contributed by atoms with Crippen LogP contribution in [0.3, 0.4) is 0 Å². The zero-order valence-electron chi connectivity index (χ0n) is 46.5. The van der Waals surface area contributed by atoms with Crippen LogP contribution in [-0.4, -0.2) is 24.9 Å². The minimum atomic E-state index is 0.0197. The summed E-state index contributed by atoms with van der Waals surface area (Å²) >= 11 is 3.68. The van der Waals surface area contributed by atoms with Gasteiger partial charge in [-0.3, -0.25) is 9.59 Å². The van der Waals surface area contributed by atoms with Crippen molar-refractivity contribution in [1.82, 2.24) is 0 Å². The molecule has 0 radical (unpaired) electrons. The second-order valence-corrected chi connectivity index (χ2v) is 24.7. The van der Waals surface area contributed by atoms with E-state index in [0.717, 1.165) is 65.9 Å². The monoisotopic (exact) mass is 1010 g/mol. The van der Waals surface area contributed by atoms with Crippen LogP contribution in [0.25, 0.3) is 31.3 Å². The number of nitrogens with zero attached hydrogens (tertiary/aromatic N) is 2. The summed E-state index contributed by atoms with van der Waals surface area (Å²) in [6.45, 7) is 14.9. The van der Waals surface area contributed by atoms with Gasteiger partial charge in [-0.2, -0.15) is 0 Å². The molecule has 2 amide bonds. The Morgan fingerprint density at radius 2 is 0.750 bits per heavy atom. The predicted octanol–water partition coefficient (Wildman–Crippen LogP) is 21.2. The van der Waals surface area contributed by atoms with Crippen molar-refractivity contribution in [1.29, 1.82) is 0 Å². The van der Waals surface area contributed by atoms with Crippen LogP contribution in [0.15, 0.2) is 60.7 Å². The summed E-state index contributed by atoms with van der Waals surface area (Å²) in [4.78, 5) is 40.5. The first-order valence-electron chi connectivity index (χ1n) is 30.1. The summed E-state index contributed by atoms with van der Waals surface area (Å²) in [6.07, 6.45) is 41.0. The third-order valence-corrected chi connectivity index (χ3v) is 18.4. The SMILES string of the molecule is CCCCCCCCCCC(CCCCCCCC)CN1C(=O)/C(=C2/C(=O)N(CC(CCCCCCCC)CCCCCCCCCC)c3cc(-c4ccc(-c5ccc(C)s5)s4)ccc32)c2ccc(C)cc21. The molecule has 0 saturated heterocycles. The van der Waals surface area contributed by atoms with Gasteiger partial charge in [-0.1, -0.05) is 232 Å². The number of benzene rings is 2. The highest BCUT2D eigenvalue weighted by molar-refractivity contribution is 7.23. The Bertz CT molecular complexity index is 2250. The lowest BCUT2D eigenvalue weighted by Crippen LogP contribution is -2.34. The first-order valence-corrected chi connectivity index (χ1v) is 31.7. The van der Waals surface area contributed by atoms with E-state index < -0.39 is 0 Å². The lowest BCUT2D eigenvalue weighted by Gasteiger charge is -2.25. The van der Waals surface area contributed by atoms with Crippen molar-refractivity contribution in [3.63, 3.8) is 0 Å². The zero-order chi connectivity index (χ0) is 50.9. The quantitative estimate of drug-likeness (QED) is 0.0332. The van der Waals surface area contributed by atoms with Gasteiger partial charge in [0.1, 0.15) is 0 Å². The number of unbranched alkanes of at least 4 members (excludes halogenated alkanes) is 24. The maximum absolute atomic E-state index is 15.7. The van der Waals surface area contributed by atoms with Crippen LogP contribution in [0.1, 0.15) is 255 Å². The Kier molecular flexibility index (Phi) is 25.7. The van der Waals surface area contributed by atoms with E-state index >= 15 is 9.59 Å². The molecule has 2 aliphatic rings. The molecule has 0 spiro atoms. The molecule has 0 fully saturated rings. The van der Waals surface area contributed by atoms with Gasteiger partial charge in [0, 0.05) is 43.7 Å². The molecule has 72 heavy (non-hydrogen) atoms. The van der Waals surface area contributed by atoms with Gasteiger partial charge in [-0.05, 0) is 98.9 Å². The Hall–Kier alpha value is -3.48. The molecule has 0 aliphatic carbocycles. The molecule has 0 bridgehead atoms. The van der Waals surface area contributed by atoms with Crippen LogP contribution in [0.2, 0.25) is 0 Å². The fourth-order valence-corrected chi connectivity index (χ4v) is 13.6. The number of rotatable bonds is 38. The van der Waals surface area contributed by atoms with Crippen molar-refractivity contribution in [3.05, 3.63) is 82.2 Å². The minimum absolute atomic E-state index is 0.0197. The number of carbonyl (C=O) groups is 2. The highest BCUT2D eigenvalue weighted by atomic mass is 32.1. The molecule has 2 atom stereocenters. The average molecular weight is 1020 g/mol. The third kappa shape index (κ3) is 17.3. The number of carbonyl (C=O) groups excluding carboxylic acids is 2. The molecule has 2 aliphatic heterocycles. The first kappa shape index (κ1) is 57.8. The van der Waals surface area contributed by atoms with Gasteiger partial charge >= 0.3 is 0 Å². The van der Waals surface area contributed by atoms with Gasteiger partial charge in [-0.15, -0.1) is 22.7 Å². The summed E-state index contributed by atoms with van der Waals surface area (Å²) in [7, 11) is 0. The van der Waals surface area contributed by atoms with Gasteiger partial charge in [0.25, 0.3) is 11.8 Å². The predicted molar refractivity (Wildman–Crippen MR) is 318 cm³/mol. The average Bonchev–Trinajstić information content (AvgIpc) is 4.16. The lowest BCUT2D eigenvalue weighted by atomic mass is 9.93. The van der Waals surface area contributed by atoms with Gasteiger partial charge in [-0.25, -0.2) is 0 Å². The van der Waals surface area contributed by atoms with E-state index in [1.54, 1.807) is 0 Å². The van der Waals surface area contributed by atoms with Gasteiger partial charge in [0.15, 0.2) is 0 Å². The molecule has 0 N–H and O–H groups in total. The van der Waals surface area contributed by atoms with Gasteiger partial charge < -0.3 is 9.80 Å². The van der Waals surface area contributed by atoms with Crippen molar-refractivity contribution in [2.75, 3.05) is 22.9 Å². The van der Waals surface area contributed by atoms with Crippen LogP contribution in [0.5, 0.6) is 0 Å². The van der Waals surface area contributed by atoms with Crippen molar-refractivity contribution < 1.29 is 9.59 Å². The number of thiophene rings is 2. The minimum Gasteiger partial charge on any atom is -0.307 e. The number of hydrogen-bond acceptors (Lipinski definition) is 4. The lowest BCUT2D eigenvalue weighted by molar-refractivity contribution is -0.114. The fourth-order valence-electron chi connectivity index (χ4n) is 11.7.